The number of ether oxygens (including phenoxy) is 2. The van der Waals surface area contributed by atoms with E-state index in [1.54, 1.807) is 7.11 Å². The van der Waals surface area contributed by atoms with Crippen molar-refractivity contribution in [2.45, 2.75) is 19.1 Å². The number of hydrogen-bond donors (Lipinski definition) is 0. The van der Waals surface area contributed by atoms with Crippen molar-refractivity contribution in [3.05, 3.63) is 66.0 Å². The Balaban J connectivity index is 1.43. The Kier molecular flexibility index (Phi) is 5.09. The molecule has 1 aromatic heterocycles. The van der Waals surface area contributed by atoms with Crippen molar-refractivity contribution in [2.24, 2.45) is 0 Å². The Morgan fingerprint density at radius 1 is 1.12 bits per heavy atom. The minimum atomic E-state index is 0.203. The first-order valence-corrected chi connectivity index (χ1v) is 8.97. The van der Waals surface area contributed by atoms with Crippen molar-refractivity contribution in [1.29, 1.82) is 0 Å². The fourth-order valence-corrected chi connectivity index (χ4v) is 3.55. The molecule has 0 unspecified atom stereocenters. The van der Waals surface area contributed by atoms with E-state index in [-0.39, 0.29) is 6.10 Å². The third-order valence-electron chi connectivity index (χ3n) is 4.82. The summed E-state index contributed by atoms with van der Waals surface area (Å²) in [6, 6.07) is 15.5. The van der Waals surface area contributed by atoms with Crippen LogP contribution in [0.5, 0.6) is 6.01 Å². The van der Waals surface area contributed by atoms with E-state index in [1.807, 2.05) is 12.4 Å². The molecular weight excluding hydrogens is 326 g/mol. The molecule has 0 radical (unpaired) electrons. The zero-order valence-electron chi connectivity index (χ0n) is 15.0. The maximum atomic E-state index is 6.04. The Hall–Kier alpha value is -2.50. The number of benzene rings is 2. The maximum Gasteiger partial charge on any atom is 0.316 e. The summed E-state index contributed by atoms with van der Waals surface area (Å²) in [4.78, 5) is 10.8. The van der Waals surface area contributed by atoms with E-state index in [0.717, 1.165) is 38.2 Å². The smallest absolute Gasteiger partial charge is 0.316 e. The lowest BCUT2D eigenvalue weighted by atomic mass is 9.99. The minimum absolute atomic E-state index is 0.203. The van der Waals surface area contributed by atoms with Gasteiger partial charge >= 0.3 is 6.01 Å². The highest BCUT2D eigenvalue weighted by molar-refractivity contribution is 5.85. The molecule has 2 aromatic carbocycles. The van der Waals surface area contributed by atoms with Crippen molar-refractivity contribution in [3.63, 3.8) is 0 Å². The molecule has 0 amide bonds. The predicted octanol–water partition coefficient (Wildman–Crippen LogP) is 3.08. The zero-order chi connectivity index (χ0) is 17.8. The quantitative estimate of drug-likeness (QED) is 0.708. The van der Waals surface area contributed by atoms with Crippen LogP contribution in [-0.2, 0) is 17.7 Å². The van der Waals surface area contributed by atoms with Crippen LogP contribution in [0.1, 0.15) is 11.1 Å². The largest absolute Gasteiger partial charge is 0.467 e. The molecule has 1 fully saturated rings. The predicted molar refractivity (Wildman–Crippen MR) is 101 cm³/mol. The van der Waals surface area contributed by atoms with E-state index in [9.17, 15) is 0 Å². The van der Waals surface area contributed by atoms with Crippen LogP contribution in [0, 0.1) is 0 Å². The maximum absolute atomic E-state index is 6.04. The van der Waals surface area contributed by atoms with Crippen LogP contribution in [0.15, 0.2) is 54.9 Å². The first kappa shape index (κ1) is 16.9. The average Bonchev–Trinajstić information content (AvgIpc) is 2.69. The van der Waals surface area contributed by atoms with Gasteiger partial charge in [-0.15, -0.1) is 0 Å². The lowest BCUT2D eigenvalue weighted by molar-refractivity contribution is -0.0304. The van der Waals surface area contributed by atoms with Crippen LogP contribution in [0.4, 0.5) is 0 Å². The standard InChI is InChI=1S/C21H23N3O2/c1-25-21-22-12-16(13-23-21)14-24-9-10-26-19(15-24)11-18-7-4-6-17-5-2-3-8-20(17)18/h2-8,12-13,19H,9-11,14-15H2,1H3/t19-/m1/s1. The molecule has 3 aromatic rings. The number of aromatic nitrogens is 2. The fraction of sp³-hybridized carbons (Fsp3) is 0.333. The van der Waals surface area contributed by atoms with Gasteiger partial charge in [0.05, 0.1) is 19.8 Å². The number of methoxy groups -OCH3 is 1. The third kappa shape index (κ3) is 3.84. The van der Waals surface area contributed by atoms with Gasteiger partial charge in [0.25, 0.3) is 0 Å². The van der Waals surface area contributed by atoms with Crippen molar-refractivity contribution in [1.82, 2.24) is 14.9 Å². The Bertz CT molecular complexity index is 861. The summed E-state index contributed by atoms with van der Waals surface area (Å²) in [6.07, 6.45) is 4.80. The van der Waals surface area contributed by atoms with Gasteiger partial charge in [0, 0.05) is 44.0 Å². The Morgan fingerprint density at radius 2 is 1.92 bits per heavy atom. The van der Waals surface area contributed by atoms with E-state index in [2.05, 4.69) is 57.3 Å². The zero-order valence-corrected chi connectivity index (χ0v) is 15.0. The molecule has 0 N–H and O–H groups in total. The van der Waals surface area contributed by atoms with Gasteiger partial charge in [0.1, 0.15) is 0 Å². The molecule has 5 nitrogen and oxygen atoms in total. The second-order valence-corrected chi connectivity index (χ2v) is 6.65. The monoisotopic (exact) mass is 349 g/mol. The molecule has 1 atom stereocenters. The molecule has 0 bridgehead atoms. The minimum Gasteiger partial charge on any atom is -0.467 e. The highest BCUT2D eigenvalue weighted by atomic mass is 16.5. The lowest BCUT2D eigenvalue weighted by Gasteiger charge is -2.33. The lowest BCUT2D eigenvalue weighted by Crippen LogP contribution is -2.42. The van der Waals surface area contributed by atoms with E-state index < -0.39 is 0 Å². The Morgan fingerprint density at radius 3 is 2.77 bits per heavy atom. The van der Waals surface area contributed by atoms with Crippen molar-refractivity contribution in [2.75, 3.05) is 26.8 Å². The van der Waals surface area contributed by atoms with Gasteiger partial charge in [-0.3, -0.25) is 4.90 Å². The van der Waals surface area contributed by atoms with Gasteiger partial charge in [0.15, 0.2) is 0 Å². The van der Waals surface area contributed by atoms with Crippen LogP contribution in [0.3, 0.4) is 0 Å². The van der Waals surface area contributed by atoms with E-state index >= 15 is 0 Å². The van der Waals surface area contributed by atoms with Crippen molar-refractivity contribution >= 4 is 10.8 Å². The molecule has 0 spiro atoms. The highest BCUT2D eigenvalue weighted by Crippen LogP contribution is 2.22. The Labute approximate surface area is 153 Å². The normalized spacial score (nSPS) is 18.1. The van der Waals surface area contributed by atoms with E-state index in [0.29, 0.717) is 6.01 Å². The first-order valence-electron chi connectivity index (χ1n) is 8.97. The number of rotatable bonds is 5. The average molecular weight is 349 g/mol. The summed E-state index contributed by atoms with van der Waals surface area (Å²) in [5.41, 5.74) is 2.44. The van der Waals surface area contributed by atoms with Crippen LogP contribution < -0.4 is 4.74 Å². The van der Waals surface area contributed by atoms with Crippen LogP contribution in [0.25, 0.3) is 10.8 Å². The number of morpholine rings is 1. The van der Waals surface area contributed by atoms with Gasteiger partial charge in [-0.05, 0) is 16.3 Å². The van der Waals surface area contributed by atoms with Gasteiger partial charge in [0.2, 0.25) is 0 Å². The summed E-state index contributed by atoms with van der Waals surface area (Å²) in [5.74, 6) is 0. The van der Waals surface area contributed by atoms with Crippen LogP contribution in [0.2, 0.25) is 0 Å². The molecule has 1 saturated heterocycles. The summed E-state index contributed by atoms with van der Waals surface area (Å²) < 4.78 is 11.1. The van der Waals surface area contributed by atoms with Gasteiger partial charge in [-0.2, -0.15) is 0 Å². The van der Waals surface area contributed by atoms with E-state index in [1.165, 1.54) is 16.3 Å². The third-order valence-corrected chi connectivity index (χ3v) is 4.82. The number of fused-ring (bicyclic) bond motifs is 1. The van der Waals surface area contributed by atoms with E-state index in [4.69, 9.17) is 9.47 Å². The summed E-state index contributed by atoms with van der Waals surface area (Å²) >= 11 is 0. The van der Waals surface area contributed by atoms with Gasteiger partial charge in [-0.1, -0.05) is 42.5 Å². The molecule has 0 aliphatic carbocycles. The SMILES string of the molecule is COc1ncc(CN2CCO[C@H](Cc3cccc4ccccc34)C2)cn1. The molecule has 134 valence electrons. The van der Waals surface area contributed by atoms with Crippen molar-refractivity contribution < 1.29 is 9.47 Å². The molecule has 4 rings (SSSR count). The van der Waals surface area contributed by atoms with Crippen LogP contribution >= 0.6 is 0 Å². The van der Waals surface area contributed by atoms with Crippen LogP contribution in [-0.4, -0.2) is 47.8 Å². The first-order chi connectivity index (χ1) is 12.8. The highest BCUT2D eigenvalue weighted by Gasteiger charge is 2.21. The number of nitrogens with zero attached hydrogens (tertiary/aromatic N) is 3. The summed E-state index contributed by atoms with van der Waals surface area (Å²) in [5, 5.41) is 2.60. The second-order valence-electron chi connectivity index (χ2n) is 6.65. The van der Waals surface area contributed by atoms with Gasteiger partial charge in [-0.25, -0.2) is 9.97 Å². The molecule has 1 aliphatic heterocycles. The second kappa shape index (κ2) is 7.81. The summed E-state index contributed by atoms with van der Waals surface area (Å²) in [7, 11) is 1.58. The number of hydrogen-bond acceptors (Lipinski definition) is 5. The molecule has 26 heavy (non-hydrogen) atoms. The molecule has 0 saturated carbocycles. The molecule has 5 heteroatoms. The fourth-order valence-electron chi connectivity index (χ4n) is 3.55. The van der Waals surface area contributed by atoms with Crippen molar-refractivity contribution in [3.8, 4) is 6.01 Å². The van der Waals surface area contributed by atoms with Gasteiger partial charge < -0.3 is 9.47 Å². The topological polar surface area (TPSA) is 47.5 Å². The summed E-state index contributed by atoms with van der Waals surface area (Å²) in [6.45, 7) is 3.43. The molecule has 2 heterocycles. The molecule has 1 aliphatic rings. The molecular formula is C21H23N3O2.